The molecule has 2 amide bonds. The summed E-state index contributed by atoms with van der Waals surface area (Å²) < 4.78 is 10.9. The number of benzene rings is 1. The molecule has 0 spiro atoms. The summed E-state index contributed by atoms with van der Waals surface area (Å²) in [6.07, 6.45) is 11.1. The quantitative estimate of drug-likeness (QED) is 0.452. The minimum atomic E-state index is -0.389. The van der Waals surface area contributed by atoms with Crippen molar-refractivity contribution in [3.05, 3.63) is 51.9 Å². The lowest BCUT2D eigenvalue weighted by atomic mass is 9.88. The van der Waals surface area contributed by atoms with E-state index in [0.717, 1.165) is 46.6 Å². The second-order valence-corrected chi connectivity index (χ2v) is 8.49. The van der Waals surface area contributed by atoms with E-state index < -0.39 is 0 Å². The molecule has 7 heteroatoms. The Hall–Kier alpha value is -3.24. The summed E-state index contributed by atoms with van der Waals surface area (Å²) in [5, 5.41) is 6.26. The lowest BCUT2D eigenvalue weighted by Gasteiger charge is -2.21. The Bertz CT molecular complexity index is 1040. The Morgan fingerprint density at radius 3 is 2.88 bits per heavy atom. The minimum absolute atomic E-state index is 0.243. The highest BCUT2D eigenvalue weighted by Gasteiger charge is 2.26. The predicted molar refractivity (Wildman–Crippen MR) is 128 cm³/mol. The number of hydrogen-bond donors (Lipinski definition) is 2. The highest BCUT2D eigenvalue weighted by molar-refractivity contribution is 7.16. The van der Waals surface area contributed by atoms with E-state index in [1.165, 1.54) is 17.4 Å². The summed E-state index contributed by atoms with van der Waals surface area (Å²) in [5.41, 5.74) is 2.71. The molecule has 168 valence electrons. The van der Waals surface area contributed by atoms with Crippen molar-refractivity contribution >= 4 is 34.4 Å². The van der Waals surface area contributed by atoms with Gasteiger partial charge >= 0.3 is 6.09 Å². The zero-order valence-electron chi connectivity index (χ0n) is 18.4. The summed E-state index contributed by atoms with van der Waals surface area (Å²) in [6, 6.07) is 7.56. The number of terminal acetylenes is 1. The zero-order chi connectivity index (χ0) is 22.9. The monoisotopic (exact) mass is 452 g/mol. The Morgan fingerprint density at radius 1 is 1.31 bits per heavy atom. The van der Waals surface area contributed by atoms with Crippen LogP contribution in [0.4, 0.5) is 9.80 Å². The molecule has 6 nitrogen and oxygen atoms in total. The number of para-hydroxylation sites is 1. The zero-order valence-corrected chi connectivity index (χ0v) is 19.2. The first-order chi connectivity index (χ1) is 15.5. The van der Waals surface area contributed by atoms with Crippen molar-refractivity contribution in [3.8, 4) is 18.1 Å². The largest absolute Gasteiger partial charge is 0.493 e. The standard InChI is InChI=1S/C25H28N2O4S/c1-4-19-20-13-11-17(16-31-25(29)26-5-2)15-22(20)32-24(19)27-23(28)14-12-18-9-7-8-10-21(18)30-6-3/h1,7-10,12,14,17H,5-6,11,13,15-16H2,2-3H3,(H,26,29)(H,27,28)/b14-12+. The van der Waals surface area contributed by atoms with E-state index in [-0.39, 0.29) is 17.9 Å². The van der Waals surface area contributed by atoms with Gasteiger partial charge in [-0.3, -0.25) is 4.79 Å². The number of thiophene rings is 1. The van der Waals surface area contributed by atoms with E-state index in [0.29, 0.717) is 24.8 Å². The summed E-state index contributed by atoms with van der Waals surface area (Å²) in [4.78, 5) is 25.3. The number of nitrogens with one attached hydrogen (secondary N) is 2. The predicted octanol–water partition coefficient (Wildman–Crippen LogP) is 4.63. The molecule has 0 aliphatic heterocycles. The van der Waals surface area contributed by atoms with Crippen LogP contribution in [0, 0.1) is 18.3 Å². The molecule has 1 aliphatic carbocycles. The fourth-order valence-corrected chi connectivity index (χ4v) is 4.98. The van der Waals surface area contributed by atoms with Crippen LogP contribution >= 0.6 is 11.3 Å². The second kappa shape index (κ2) is 11.4. The van der Waals surface area contributed by atoms with Crippen LogP contribution in [-0.2, 0) is 22.4 Å². The molecule has 1 aliphatic rings. The van der Waals surface area contributed by atoms with E-state index in [1.807, 2.05) is 38.1 Å². The maximum absolute atomic E-state index is 12.6. The Morgan fingerprint density at radius 2 is 2.12 bits per heavy atom. The highest BCUT2D eigenvalue weighted by atomic mass is 32.1. The molecular weight excluding hydrogens is 424 g/mol. The van der Waals surface area contributed by atoms with Crippen molar-refractivity contribution in [2.45, 2.75) is 33.1 Å². The van der Waals surface area contributed by atoms with Crippen molar-refractivity contribution in [2.24, 2.45) is 5.92 Å². The molecule has 32 heavy (non-hydrogen) atoms. The third kappa shape index (κ3) is 5.92. The van der Waals surface area contributed by atoms with Crippen LogP contribution in [-0.4, -0.2) is 31.8 Å². The third-order valence-electron chi connectivity index (χ3n) is 5.15. The minimum Gasteiger partial charge on any atom is -0.493 e. The van der Waals surface area contributed by atoms with E-state index in [9.17, 15) is 9.59 Å². The number of amides is 2. The first-order valence-corrected chi connectivity index (χ1v) is 11.6. The highest BCUT2D eigenvalue weighted by Crippen LogP contribution is 2.39. The van der Waals surface area contributed by atoms with Crippen LogP contribution < -0.4 is 15.4 Å². The number of alkyl carbamates (subject to hydrolysis) is 1. The number of hydrogen-bond acceptors (Lipinski definition) is 5. The molecular formula is C25H28N2O4S. The fraction of sp³-hybridized carbons (Fsp3) is 0.360. The second-order valence-electron chi connectivity index (χ2n) is 7.38. The van der Waals surface area contributed by atoms with Crippen LogP contribution in [0.1, 0.15) is 41.8 Å². The number of carbonyl (C=O) groups is 2. The molecule has 0 radical (unpaired) electrons. The average Bonchev–Trinajstić information content (AvgIpc) is 3.13. The molecule has 1 aromatic heterocycles. The van der Waals surface area contributed by atoms with E-state index in [4.69, 9.17) is 15.9 Å². The van der Waals surface area contributed by atoms with Gasteiger partial charge in [0.25, 0.3) is 0 Å². The summed E-state index contributed by atoms with van der Waals surface area (Å²) in [7, 11) is 0. The van der Waals surface area contributed by atoms with Crippen molar-refractivity contribution in [1.29, 1.82) is 0 Å². The van der Waals surface area contributed by atoms with Gasteiger partial charge in [-0.2, -0.15) is 0 Å². The molecule has 3 rings (SSSR count). The Labute approximate surface area is 193 Å². The third-order valence-corrected chi connectivity index (χ3v) is 6.32. The average molecular weight is 453 g/mol. The topological polar surface area (TPSA) is 76.7 Å². The molecule has 0 fully saturated rings. The van der Waals surface area contributed by atoms with Crippen molar-refractivity contribution in [3.63, 3.8) is 0 Å². The molecule has 1 heterocycles. The number of anilines is 1. The Kier molecular flexibility index (Phi) is 8.34. The molecule has 2 N–H and O–H groups in total. The lowest BCUT2D eigenvalue weighted by Crippen LogP contribution is -2.27. The molecule has 0 saturated heterocycles. The summed E-state index contributed by atoms with van der Waals surface area (Å²) in [6.45, 7) is 5.24. The number of carbonyl (C=O) groups excluding carboxylic acids is 2. The molecule has 0 bridgehead atoms. The molecule has 1 atom stereocenters. The molecule has 1 aromatic carbocycles. The number of ether oxygens (including phenoxy) is 2. The first-order valence-electron chi connectivity index (χ1n) is 10.8. The van der Waals surface area contributed by atoms with Crippen molar-refractivity contribution in [2.75, 3.05) is 25.1 Å². The van der Waals surface area contributed by atoms with Gasteiger partial charge in [-0.25, -0.2) is 4.79 Å². The van der Waals surface area contributed by atoms with Gasteiger partial charge in [0.2, 0.25) is 5.91 Å². The molecule has 1 unspecified atom stereocenters. The normalized spacial score (nSPS) is 15.0. The van der Waals surface area contributed by atoms with Crippen LogP contribution in [0.2, 0.25) is 0 Å². The SMILES string of the molecule is C#Cc1c(NC(=O)/C=C/c2ccccc2OCC)sc2c1CCC(COC(=O)NCC)C2. The summed E-state index contributed by atoms with van der Waals surface area (Å²) in [5.74, 6) is 3.47. The van der Waals surface area contributed by atoms with E-state index in [2.05, 4.69) is 16.6 Å². The maximum Gasteiger partial charge on any atom is 0.407 e. The number of rotatable bonds is 8. The van der Waals surface area contributed by atoms with Crippen molar-refractivity contribution < 1.29 is 19.1 Å². The Balaban J connectivity index is 1.66. The van der Waals surface area contributed by atoms with Gasteiger partial charge in [0.1, 0.15) is 10.8 Å². The lowest BCUT2D eigenvalue weighted by molar-refractivity contribution is -0.111. The van der Waals surface area contributed by atoms with E-state index >= 15 is 0 Å². The first kappa shape index (κ1) is 23.4. The maximum atomic E-state index is 12.6. The molecule has 2 aromatic rings. The van der Waals surface area contributed by atoms with Gasteiger partial charge in [0.15, 0.2) is 0 Å². The van der Waals surface area contributed by atoms with Gasteiger partial charge in [-0.05, 0) is 56.7 Å². The van der Waals surface area contributed by atoms with E-state index in [1.54, 1.807) is 6.08 Å². The van der Waals surface area contributed by atoms with Crippen LogP contribution in [0.15, 0.2) is 30.3 Å². The van der Waals surface area contributed by atoms with Crippen LogP contribution in [0.25, 0.3) is 6.08 Å². The number of fused-ring (bicyclic) bond motifs is 1. The van der Waals surface area contributed by atoms with Gasteiger partial charge in [-0.15, -0.1) is 17.8 Å². The van der Waals surface area contributed by atoms with Gasteiger partial charge < -0.3 is 20.1 Å². The smallest absolute Gasteiger partial charge is 0.407 e. The van der Waals surface area contributed by atoms with Gasteiger partial charge in [0.05, 0.1) is 18.8 Å². The van der Waals surface area contributed by atoms with Gasteiger partial charge in [0, 0.05) is 23.1 Å². The molecule has 0 saturated carbocycles. The fourth-order valence-electron chi connectivity index (χ4n) is 3.65. The summed E-state index contributed by atoms with van der Waals surface area (Å²) >= 11 is 1.51. The van der Waals surface area contributed by atoms with Crippen LogP contribution in [0.3, 0.4) is 0 Å². The van der Waals surface area contributed by atoms with Crippen molar-refractivity contribution in [1.82, 2.24) is 5.32 Å². The van der Waals surface area contributed by atoms with Crippen LogP contribution in [0.5, 0.6) is 5.75 Å². The van der Waals surface area contributed by atoms with Gasteiger partial charge in [-0.1, -0.05) is 24.1 Å².